The Balaban J connectivity index is 3.13. The molecule has 1 aliphatic carbocycles. The van der Waals surface area contributed by atoms with E-state index in [-0.39, 0.29) is 0 Å². The second kappa shape index (κ2) is 4.19. The molecule has 0 saturated heterocycles. The summed E-state index contributed by atoms with van der Waals surface area (Å²) < 4.78 is 0. The summed E-state index contributed by atoms with van der Waals surface area (Å²) in [5, 5.41) is 1.80. The predicted octanol–water partition coefficient (Wildman–Crippen LogP) is 4.46. The van der Waals surface area contributed by atoms with Gasteiger partial charge in [-0.25, -0.2) is 0 Å². The Kier molecular flexibility index (Phi) is 3.58. The molecular formula is C13H25P. The minimum atomic E-state index is -1.48. The number of allylic oxidation sites excluding steroid dienone is 4. The second-order valence-corrected chi connectivity index (χ2v) is 11.6. The van der Waals surface area contributed by atoms with Crippen molar-refractivity contribution in [3.63, 3.8) is 0 Å². The summed E-state index contributed by atoms with van der Waals surface area (Å²) in [6.07, 6.45) is 13.9. The quantitative estimate of drug-likeness (QED) is 0.590. The van der Waals surface area contributed by atoms with Gasteiger partial charge in [0.2, 0.25) is 0 Å². The van der Waals surface area contributed by atoms with Gasteiger partial charge in [0.1, 0.15) is 0 Å². The van der Waals surface area contributed by atoms with Gasteiger partial charge in [0.25, 0.3) is 0 Å². The molecule has 0 unspecified atom stereocenters. The maximum atomic E-state index is 2.41. The average Bonchev–Trinajstić information content (AvgIpc) is 2.78. The molecule has 1 heteroatoms. The van der Waals surface area contributed by atoms with Crippen LogP contribution in [-0.2, 0) is 0 Å². The number of hydrogen-bond donors (Lipinski definition) is 0. The van der Waals surface area contributed by atoms with Gasteiger partial charge >= 0.3 is 88.9 Å². The SMILES string of the molecule is CCP(CC)(CC)(CC)C1=CC=CC1. The number of rotatable bonds is 5. The molecule has 0 heterocycles. The van der Waals surface area contributed by atoms with Crippen molar-refractivity contribution in [2.45, 2.75) is 34.1 Å². The zero-order valence-electron chi connectivity index (χ0n) is 10.2. The molecule has 0 saturated carbocycles. The molecule has 0 N–H and O–H groups in total. The van der Waals surface area contributed by atoms with Gasteiger partial charge in [0.15, 0.2) is 0 Å². The maximum absolute atomic E-state index is 2.41. The van der Waals surface area contributed by atoms with Gasteiger partial charge in [0.05, 0.1) is 0 Å². The Morgan fingerprint density at radius 1 is 1.00 bits per heavy atom. The van der Waals surface area contributed by atoms with Crippen LogP contribution in [0.25, 0.3) is 0 Å². The van der Waals surface area contributed by atoms with Gasteiger partial charge < -0.3 is 0 Å². The van der Waals surface area contributed by atoms with Gasteiger partial charge in [-0.15, -0.1) is 0 Å². The normalized spacial score (nSPS) is 19.1. The molecule has 0 aromatic rings. The fourth-order valence-corrected chi connectivity index (χ4v) is 8.50. The van der Waals surface area contributed by atoms with Crippen molar-refractivity contribution in [2.75, 3.05) is 24.6 Å². The van der Waals surface area contributed by atoms with Crippen LogP contribution < -0.4 is 0 Å². The summed E-state index contributed by atoms with van der Waals surface area (Å²) in [5.74, 6) is 0. The van der Waals surface area contributed by atoms with Crippen molar-refractivity contribution >= 4 is 6.60 Å². The average molecular weight is 212 g/mol. The Morgan fingerprint density at radius 2 is 1.50 bits per heavy atom. The predicted molar refractivity (Wildman–Crippen MR) is 70.9 cm³/mol. The van der Waals surface area contributed by atoms with E-state index in [1.54, 1.807) is 5.31 Å². The molecule has 0 aliphatic heterocycles. The molecular weight excluding hydrogens is 187 g/mol. The minimum absolute atomic E-state index is 1.24. The molecule has 1 aliphatic rings. The van der Waals surface area contributed by atoms with Crippen LogP contribution in [-0.4, -0.2) is 24.6 Å². The summed E-state index contributed by atoms with van der Waals surface area (Å²) in [6, 6.07) is 0. The van der Waals surface area contributed by atoms with Crippen molar-refractivity contribution in [1.82, 2.24) is 0 Å². The summed E-state index contributed by atoms with van der Waals surface area (Å²) in [5.41, 5.74) is 0. The number of hydrogen-bond acceptors (Lipinski definition) is 0. The van der Waals surface area contributed by atoms with Gasteiger partial charge in [-0.1, -0.05) is 0 Å². The third-order valence-corrected chi connectivity index (χ3v) is 13.5. The summed E-state index contributed by atoms with van der Waals surface area (Å²) in [6.45, 7) is 8.16. The first-order chi connectivity index (χ1) is 6.67. The molecule has 82 valence electrons. The van der Waals surface area contributed by atoms with E-state index < -0.39 is 6.60 Å². The fourth-order valence-electron chi connectivity index (χ4n) is 3.06. The van der Waals surface area contributed by atoms with Crippen LogP contribution in [0.4, 0.5) is 0 Å². The monoisotopic (exact) mass is 212 g/mol. The van der Waals surface area contributed by atoms with Crippen LogP contribution in [0.15, 0.2) is 23.5 Å². The first-order valence-corrected chi connectivity index (χ1v) is 9.01. The van der Waals surface area contributed by atoms with E-state index in [2.05, 4.69) is 45.9 Å². The van der Waals surface area contributed by atoms with Crippen LogP contribution in [0.5, 0.6) is 0 Å². The third-order valence-electron chi connectivity index (χ3n) is 4.88. The van der Waals surface area contributed by atoms with Crippen molar-refractivity contribution < 1.29 is 0 Å². The van der Waals surface area contributed by atoms with Gasteiger partial charge in [-0.2, -0.15) is 0 Å². The van der Waals surface area contributed by atoms with Crippen molar-refractivity contribution in [3.05, 3.63) is 23.5 Å². The van der Waals surface area contributed by atoms with E-state index in [1.807, 2.05) is 0 Å². The molecule has 0 bridgehead atoms. The van der Waals surface area contributed by atoms with Crippen LogP contribution in [0.3, 0.4) is 0 Å². The standard InChI is InChI=1S/C13H25P/c1-5-14(6-2,7-3,8-4)13-11-9-10-12-13/h9-11H,5-8,12H2,1-4H3. The molecule has 0 nitrogen and oxygen atoms in total. The van der Waals surface area contributed by atoms with E-state index >= 15 is 0 Å². The Labute approximate surface area is 89.4 Å². The molecule has 0 aromatic heterocycles. The van der Waals surface area contributed by atoms with E-state index in [0.29, 0.717) is 0 Å². The molecule has 0 fully saturated rings. The van der Waals surface area contributed by atoms with Crippen molar-refractivity contribution in [3.8, 4) is 0 Å². The zero-order chi connectivity index (χ0) is 10.7. The first-order valence-electron chi connectivity index (χ1n) is 6.03. The van der Waals surface area contributed by atoms with Crippen LogP contribution in [0, 0.1) is 0 Å². The third kappa shape index (κ3) is 1.48. The molecule has 1 rings (SSSR count). The van der Waals surface area contributed by atoms with E-state index in [4.69, 9.17) is 0 Å². The summed E-state index contributed by atoms with van der Waals surface area (Å²) >= 11 is 0. The Hall–Kier alpha value is -0.0900. The summed E-state index contributed by atoms with van der Waals surface area (Å²) in [7, 11) is 0. The van der Waals surface area contributed by atoms with Crippen molar-refractivity contribution in [2.24, 2.45) is 0 Å². The van der Waals surface area contributed by atoms with E-state index in [9.17, 15) is 0 Å². The van der Waals surface area contributed by atoms with Crippen LogP contribution in [0.1, 0.15) is 34.1 Å². The zero-order valence-corrected chi connectivity index (χ0v) is 11.1. The Morgan fingerprint density at radius 3 is 1.79 bits per heavy atom. The molecule has 0 spiro atoms. The van der Waals surface area contributed by atoms with Crippen molar-refractivity contribution in [1.29, 1.82) is 0 Å². The Bertz CT molecular complexity index is 233. The van der Waals surface area contributed by atoms with Crippen LogP contribution in [0.2, 0.25) is 0 Å². The van der Waals surface area contributed by atoms with Gasteiger partial charge in [-0.3, -0.25) is 0 Å². The van der Waals surface area contributed by atoms with Gasteiger partial charge in [-0.05, 0) is 0 Å². The van der Waals surface area contributed by atoms with E-state index in [1.165, 1.54) is 31.1 Å². The topological polar surface area (TPSA) is 0 Å². The van der Waals surface area contributed by atoms with Gasteiger partial charge in [0, 0.05) is 0 Å². The molecule has 14 heavy (non-hydrogen) atoms. The molecule has 0 amide bonds. The fraction of sp³-hybridized carbons (Fsp3) is 0.692. The first kappa shape index (κ1) is 12.0. The van der Waals surface area contributed by atoms with E-state index in [0.717, 1.165) is 0 Å². The molecule has 0 atom stereocenters. The molecule has 0 aromatic carbocycles. The molecule has 0 radical (unpaired) electrons. The summed E-state index contributed by atoms with van der Waals surface area (Å²) in [4.78, 5) is 0. The second-order valence-electron chi connectivity index (χ2n) is 4.53. The van der Waals surface area contributed by atoms with Crippen LogP contribution >= 0.6 is 6.60 Å².